The first-order valence-electron chi connectivity index (χ1n) is 6.46. The summed E-state index contributed by atoms with van der Waals surface area (Å²) in [4.78, 5) is 25.1. The van der Waals surface area contributed by atoms with Crippen LogP contribution in [-0.2, 0) is 14.0 Å². The largest absolute Gasteiger partial charge is 0.394 e. The molecule has 19 heavy (non-hydrogen) atoms. The Balaban J connectivity index is 2.34. The molecule has 0 radical (unpaired) electrons. The van der Waals surface area contributed by atoms with Gasteiger partial charge in [-0.3, -0.25) is 14.5 Å². The lowest BCUT2D eigenvalue weighted by Gasteiger charge is -2.32. The molecule has 1 saturated heterocycles. The molecule has 0 aliphatic carbocycles. The Bertz CT molecular complexity index is 465. The number of nitrogens with zero attached hydrogens (tertiary/aromatic N) is 1. The van der Waals surface area contributed by atoms with Gasteiger partial charge in [-0.1, -0.05) is 30.3 Å². The maximum atomic E-state index is 11.9. The summed E-state index contributed by atoms with van der Waals surface area (Å²) in [7, 11) is -1.88. The van der Waals surface area contributed by atoms with Crippen molar-refractivity contribution in [2.75, 3.05) is 0 Å². The zero-order chi connectivity index (χ0) is 14.0. The second kappa shape index (κ2) is 5.26. The molecule has 1 aromatic rings. The number of likely N-dealkylation sites (tertiary alicyclic amines) is 1. The highest BCUT2D eigenvalue weighted by Gasteiger charge is 2.38. The monoisotopic (exact) mass is 277 g/mol. The quantitative estimate of drug-likeness (QED) is 0.628. The number of benzene rings is 1. The molecule has 2 amide bonds. The number of imide groups is 1. The third-order valence-electron chi connectivity index (χ3n) is 2.87. The molecule has 1 heterocycles. The Labute approximate surface area is 114 Å². The van der Waals surface area contributed by atoms with Crippen molar-refractivity contribution >= 4 is 20.1 Å². The minimum absolute atomic E-state index is 0.142. The average molecular weight is 277 g/mol. The van der Waals surface area contributed by atoms with Crippen molar-refractivity contribution in [1.82, 2.24) is 4.90 Å². The summed E-state index contributed by atoms with van der Waals surface area (Å²) >= 11 is 0. The molecule has 5 heteroatoms. The molecule has 1 aromatic carbocycles. The van der Waals surface area contributed by atoms with Crippen LogP contribution in [0.15, 0.2) is 30.3 Å². The summed E-state index contributed by atoms with van der Waals surface area (Å²) in [5, 5.41) is 0. The highest BCUT2D eigenvalue weighted by molar-refractivity contribution is 6.69. The van der Waals surface area contributed by atoms with E-state index < -0.39 is 14.5 Å². The van der Waals surface area contributed by atoms with Crippen LogP contribution in [0.5, 0.6) is 0 Å². The third kappa shape index (κ3) is 3.30. The van der Waals surface area contributed by atoms with E-state index in [4.69, 9.17) is 4.43 Å². The molecular formula is C14H19NO3Si. The predicted octanol–water partition coefficient (Wildman–Crippen LogP) is 2.69. The smallest absolute Gasteiger partial charge is 0.232 e. The highest BCUT2D eigenvalue weighted by atomic mass is 28.4. The summed E-state index contributed by atoms with van der Waals surface area (Å²) in [5.74, 6) is -0.283. The summed E-state index contributed by atoms with van der Waals surface area (Å²) in [5.41, 5.74) is 0.855. The maximum Gasteiger partial charge on any atom is 0.232 e. The molecular weight excluding hydrogens is 258 g/mol. The second-order valence-electron chi connectivity index (χ2n) is 5.65. The normalized spacial score (nSPS) is 17.9. The number of hydrogen-bond acceptors (Lipinski definition) is 3. The third-order valence-corrected chi connectivity index (χ3v) is 3.80. The fraction of sp³-hybridized carbons (Fsp3) is 0.429. The maximum absolute atomic E-state index is 11.9. The van der Waals surface area contributed by atoms with Crippen molar-refractivity contribution in [1.29, 1.82) is 0 Å². The van der Waals surface area contributed by atoms with Crippen LogP contribution in [0.3, 0.4) is 0 Å². The van der Waals surface area contributed by atoms with Crippen molar-refractivity contribution in [3.63, 3.8) is 0 Å². The zero-order valence-electron chi connectivity index (χ0n) is 11.6. The molecule has 1 aliphatic heterocycles. The van der Waals surface area contributed by atoms with Crippen LogP contribution in [0.25, 0.3) is 0 Å². The molecule has 0 saturated carbocycles. The van der Waals surface area contributed by atoms with E-state index in [9.17, 15) is 9.59 Å². The van der Waals surface area contributed by atoms with Gasteiger partial charge in [0.05, 0.1) is 0 Å². The van der Waals surface area contributed by atoms with E-state index in [1.165, 1.54) is 4.90 Å². The summed E-state index contributed by atoms with van der Waals surface area (Å²) in [6.45, 7) is 6.15. The first-order chi connectivity index (χ1) is 8.88. The van der Waals surface area contributed by atoms with E-state index in [0.717, 1.165) is 5.56 Å². The van der Waals surface area contributed by atoms with Gasteiger partial charge in [0.15, 0.2) is 14.5 Å². The number of amides is 2. The van der Waals surface area contributed by atoms with Crippen LogP contribution < -0.4 is 0 Å². The SMILES string of the molecule is C[Si](C)(C)OC(c1ccccc1)N1C(=O)CCC1=O. The Morgan fingerprint density at radius 2 is 1.58 bits per heavy atom. The molecule has 1 unspecified atom stereocenters. The Morgan fingerprint density at radius 3 is 2.05 bits per heavy atom. The zero-order valence-corrected chi connectivity index (χ0v) is 12.6. The van der Waals surface area contributed by atoms with Gasteiger partial charge in [0.25, 0.3) is 0 Å². The summed E-state index contributed by atoms with van der Waals surface area (Å²) in [6, 6.07) is 9.47. The molecule has 2 rings (SSSR count). The van der Waals surface area contributed by atoms with Crippen LogP contribution in [0.1, 0.15) is 24.6 Å². The van der Waals surface area contributed by atoms with Gasteiger partial charge in [0.2, 0.25) is 11.8 Å². The standard InChI is InChI=1S/C14H19NO3Si/c1-19(2,3)18-14(11-7-5-4-6-8-11)15-12(16)9-10-13(15)17/h4-8,14H,9-10H2,1-3H3. The van der Waals surface area contributed by atoms with Gasteiger partial charge in [-0.25, -0.2) is 0 Å². The number of carbonyl (C=O) groups is 2. The fourth-order valence-electron chi connectivity index (χ4n) is 2.08. The van der Waals surface area contributed by atoms with E-state index >= 15 is 0 Å². The molecule has 4 nitrogen and oxygen atoms in total. The number of rotatable bonds is 4. The van der Waals surface area contributed by atoms with Gasteiger partial charge >= 0.3 is 0 Å². The Hall–Kier alpha value is -1.46. The molecule has 102 valence electrons. The van der Waals surface area contributed by atoms with Crippen molar-refractivity contribution in [2.24, 2.45) is 0 Å². The van der Waals surface area contributed by atoms with Gasteiger partial charge in [-0.15, -0.1) is 0 Å². The Kier molecular flexibility index (Phi) is 3.87. The van der Waals surface area contributed by atoms with E-state index in [-0.39, 0.29) is 24.7 Å². The van der Waals surface area contributed by atoms with Gasteiger partial charge in [-0.2, -0.15) is 0 Å². The number of carbonyl (C=O) groups excluding carboxylic acids is 2. The van der Waals surface area contributed by atoms with Crippen LogP contribution in [-0.4, -0.2) is 25.0 Å². The van der Waals surface area contributed by atoms with E-state index in [0.29, 0.717) is 0 Å². The van der Waals surface area contributed by atoms with Gasteiger partial charge in [-0.05, 0) is 19.6 Å². The highest BCUT2D eigenvalue weighted by Crippen LogP contribution is 2.30. The minimum Gasteiger partial charge on any atom is -0.394 e. The Morgan fingerprint density at radius 1 is 1.05 bits per heavy atom. The number of hydrogen-bond donors (Lipinski definition) is 0. The molecule has 0 spiro atoms. The first kappa shape index (κ1) is 14.0. The van der Waals surface area contributed by atoms with Gasteiger partial charge < -0.3 is 4.43 Å². The van der Waals surface area contributed by atoms with Crippen molar-refractivity contribution in [2.45, 2.75) is 38.7 Å². The van der Waals surface area contributed by atoms with E-state index in [1.54, 1.807) is 0 Å². The van der Waals surface area contributed by atoms with Crippen molar-refractivity contribution in [3.8, 4) is 0 Å². The average Bonchev–Trinajstić information content (AvgIpc) is 2.66. The van der Waals surface area contributed by atoms with E-state index in [1.807, 2.05) is 50.0 Å². The van der Waals surface area contributed by atoms with Crippen LogP contribution >= 0.6 is 0 Å². The fourth-order valence-corrected chi connectivity index (χ4v) is 2.99. The lowest BCUT2D eigenvalue weighted by Crippen LogP contribution is -2.40. The molecule has 1 atom stereocenters. The van der Waals surface area contributed by atoms with Gasteiger partial charge in [0, 0.05) is 18.4 Å². The van der Waals surface area contributed by atoms with Crippen molar-refractivity contribution < 1.29 is 14.0 Å². The van der Waals surface area contributed by atoms with Crippen molar-refractivity contribution in [3.05, 3.63) is 35.9 Å². The second-order valence-corrected chi connectivity index (χ2v) is 10.1. The van der Waals surface area contributed by atoms with Gasteiger partial charge in [0.1, 0.15) is 0 Å². The lowest BCUT2D eigenvalue weighted by atomic mass is 10.2. The summed E-state index contributed by atoms with van der Waals surface area (Å²) in [6.07, 6.45) is 0.00409. The summed E-state index contributed by atoms with van der Waals surface area (Å²) < 4.78 is 6.07. The molecule has 1 aliphatic rings. The molecule has 0 N–H and O–H groups in total. The topological polar surface area (TPSA) is 46.6 Å². The minimum atomic E-state index is -1.88. The predicted molar refractivity (Wildman–Crippen MR) is 74.7 cm³/mol. The molecule has 0 aromatic heterocycles. The first-order valence-corrected chi connectivity index (χ1v) is 9.87. The van der Waals surface area contributed by atoms with Crippen LogP contribution in [0, 0.1) is 0 Å². The van der Waals surface area contributed by atoms with E-state index in [2.05, 4.69) is 0 Å². The van der Waals surface area contributed by atoms with Crippen LogP contribution in [0.4, 0.5) is 0 Å². The molecule has 1 fully saturated rings. The lowest BCUT2D eigenvalue weighted by molar-refractivity contribution is -0.148. The van der Waals surface area contributed by atoms with Crippen LogP contribution in [0.2, 0.25) is 19.6 Å². The molecule has 0 bridgehead atoms.